The van der Waals surface area contributed by atoms with Crippen molar-refractivity contribution in [3.63, 3.8) is 0 Å². The molecule has 2 aliphatic rings. The van der Waals surface area contributed by atoms with E-state index in [2.05, 4.69) is 0 Å². The number of nitrogens with zero attached hydrogens (tertiary/aromatic N) is 1. The predicted octanol–water partition coefficient (Wildman–Crippen LogP) is 3.99. The van der Waals surface area contributed by atoms with Gasteiger partial charge in [0.25, 0.3) is 0 Å². The summed E-state index contributed by atoms with van der Waals surface area (Å²) in [6, 6.07) is 14.7. The molecular formula is C21H18ClNO3. The van der Waals surface area contributed by atoms with E-state index in [0.29, 0.717) is 42.3 Å². The van der Waals surface area contributed by atoms with Crippen LogP contribution < -0.4 is 4.74 Å². The average Bonchev–Trinajstić information content (AvgIpc) is 3.04. The fourth-order valence-electron chi connectivity index (χ4n) is 3.58. The van der Waals surface area contributed by atoms with Gasteiger partial charge >= 0.3 is 0 Å². The zero-order valence-electron chi connectivity index (χ0n) is 14.2. The van der Waals surface area contributed by atoms with E-state index in [0.717, 1.165) is 5.56 Å². The lowest BCUT2D eigenvalue weighted by Gasteiger charge is -2.34. The number of halogens is 1. The Bertz CT molecular complexity index is 908. The molecule has 4 nitrogen and oxygen atoms in total. The van der Waals surface area contributed by atoms with Crippen LogP contribution in [0.1, 0.15) is 28.8 Å². The minimum Gasteiger partial charge on any atom is -0.484 e. The zero-order valence-corrected chi connectivity index (χ0v) is 14.9. The van der Waals surface area contributed by atoms with Gasteiger partial charge in [0.15, 0.2) is 5.78 Å². The molecule has 0 N–H and O–H groups in total. The molecule has 0 saturated carbocycles. The van der Waals surface area contributed by atoms with Crippen molar-refractivity contribution >= 4 is 29.4 Å². The minimum atomic E-state index is -0.612. The van der Waals surface area contributed by atoms with Crippen molar-refractivity contribution in [1.29, 1.82) is 0 Å². The molecule has 4 rings (SSSR count). The van der Waals surface area contributed by atoms with Crippen molar-refractivity contribution in [2.45, 2.75) is 18.4 Å². The number of carbonyl (C=O) groups is 2. The Balaban J connectivity index is 1.48. The lowest BCUT2D eigenvalue weighted by Crippen LogP contribution is -2.45. The summed E-state index contributed by atoms with van der Waals surface area (Å²) in [7, 11) is 0. The van der Waals surface area contributed by atoms with Crippen LogP contribution in [0.4, 0.5) is 0 Å². The third-order valence-electron chi connectivity index (χ3n) is 4.94. The molecular weight excluding hydrogens is 350 g/mol. The summed E-state index contributed by atoms with van der Waals surface area (Å²) < 4.78 is 6.15. The molecule has 2 heterocycles. The van der Waals surface area contributed by atoms with Gasteiger partial charge in [-0.3, -0.25) is 9.59 Å². The second-order valence-corrected chi connectivity index (χ2v) is 7.15. The van der Waals surface area contributed by atoms with Crippen LogP contribution in [-0.2, 0) is 4.79 Å². The van der Waals surface area contributed by atoms with Crippen LogP contribution in [-0.4, -0.2) is 35.3 Å². The van der Waals surface area contributed by atoms with Crippen molar-refractivity contribution in [3.8, 4) is 5.75 Å². The number of ether oxygens (including phenoxy) is 1. The maximum absolute atomic E-state index is 12.5. The van der Waals surface area contributed by atoms with Crippen LogP contribution in [0.25, 0.3) is 6.08 Å². The summed E-state index contributed by atoms with van der Waals surface area (Å²) in [6.45, 7) is 0.986. The molecule has 2 aromatic carbocycles. The highest BCUT2D eigenvalue weighted by Gasteiger charge is 2.46. The van der Waals surface area contributed by atoms with Gasteiger partial charge in [0, 0.05) is 24.1 Å². The molecule has 132 valence electrons. The molecule has 5 heteroatoms. The maximum Gasteiger partial charge on any atom is 0.246 e. The van der Waals surface area contributed by atoms with Crippen molar-refractivity contribution in [2.24, 2.45) is 0 Å². The predicted molar refractivity (Wildman–Crippen MR) is 100 cm³/mol. The first-order valence-electron chi connectivity index (χ1n) is 8.59. The van der Waals surface area contributed by atoms with Gasteiger partial charge in [-0.05, 0) is 29.8 Å². The number of amides is 1. The maximum atomic E-state index is 12.5. The summed E-state index contributed by atoms with van der Waals surface area (Å²) >= 11 is 6.11. The summed E-state index contributed by atoms with van der Waals surface area (Å²) in [5, 5.41) is 0.604. The molecule has 1 saturated heterocycles. The Morgan fingerprint density at radius 3 is 2.77 bits per heavy atom. The number of rotatable bonds is 2. The summed E-state index contributed by atoms with van der Waals surface area (Å²) in [4.78, 5) is 26.7. The van der Waals surface area contributed by atoms with Crippen LogP contribution in [0, 0.1) is 0 Å². The molecule has 2 aromatic rings. The quantitative estimate of drug-likeness (QED) is 0.754. The van der Waals surface area contributed by atoms with Gasteiger partial charge in [0.05, 0.1) is 18.5 Å². The fourth-order valence-corrected chi connectivity index (χ4v) is 3.78. The number of benzene rings is 2. The van der Waals surface area contributed by atoms with Crippen LogP contribution in [0.5, 0.6) is 5.75 Å². The summed E-state index contributed by atoms with van der Waals surface area (Å²) in [5.74, 6) is 0.592. The molecule has 0 aromatic heterocycles. The summed E-state index contributed by atoms with van der Waals surface area (Å²) in [6.07, 6.45) is 4.21. The smallest absolute Gasteiger partial charge is 0.246 e. The van der Waals surface area contributed by atoms with E-state index in [1.165, 1.54) is 6.08 Å². The first-order valence-corrected chi connectivity index (χ1v) is 8.97. The minimum absolute atomic E-state index is 0.0766. The van der Waals surface area contributed by atoms with Crippen molar-refractivity contribution in [1.82, 2.24) is 4.90 Å². The Morgan fingerprint density at radius 2 is 1.92 bits per heavy atom. The van der Waals surface area contributed by atoms with E-state index in [-0.39, 0.29) is 11.7 Å². The van der Waals surface area contributed by atoms with Crippen molar-refractivity contribution in [3.05, 3.63) is 70.8 Å². The molecule has 26 heavy (non-hydrogen) atoms. The van der Waals surface area contributed by atoms with Gasteiger partial charge in [-0.2, -0.15) is 0 Å². The van der Waals surface area contributed by atoms with Crippen LogP contribution >= 0.6 is 11.6 Å². The molecule has 1 fully saturated rings. The Morgan fingerprint density at radius 1 is 1.15 bits per heavy atom. The van der Waals surface area contributed by atoms with E-state index < -0.39 is 5.60 Å². The lowest BCUT2D eigenvalue weighted by atomic mass is 9.89. The van der Waals surface area contributed by atoms with Gasteiger partial charge in [-0.15, -0.1) is 0 Å². The summed E-state index contributed by atoms with van der Waals surface area (Å²) in [5.41, 5.74) is 0.815. The number of ketones is 1. The molecule has 1 unspecified atom stereocenters. The fraction of sp³-hybridized carbons (Fsp3) is 0.238. The molecule has 0 radical (unpaired) electrons. The van der Waals surface area contributed by atoms with Crippen LogP contribution in [0.15, 0.2) is 54.6 Å². The second kappa shape index (κ2) is 6.61. The lowest BCUT2D eigenvalue weighted by molar-refractivity contribution is -0.125. The third kappa shape index (κ3) is 3.13. The van der Waals surface area contributed by atoms with Crippen LogP contribution in [0.2, 0.25) is 5.02 Å². The largest absolute Gasteiger partial charge is 0.484 e. The first-order chi connectivity index (χ1) is 12.6. The number of hydrogen-bond donors (Lipinski definition) is 0. The Hall–Kier alpha value is -2.59. The van der Waals surface area contributed by atoms with Gasteiger partial charge < -0.3 is 9.64 Å². The van der Waals surface area contributed by atoms with E-state index in [4.69, 9.17) is 16.3 Å². The Labute approximate surface area is 157 Å². The number of carbonyl (C=O) groups excluding carboxylic acids is 2. The molecule has 1 spiro atoms. The first kappa shape index (κ1) is 16.9. The topological polar surface area (TPSA) is 46.6 Å². The highest BCUT2D eigenvalue weighted by molar-refractivity contribution is 6.32. The standard InChI is InChI=1S/C21H18ClNO3/c22-17-7-3-1-5-15(17)9-10-20(25)23-12-11-21(14-23)13-18(24)16-6-2-4-8-19(16)26-21/h1-10H,11-14H2/b10-9+. The van der Waals surface area contributed by atoms with Gasteiger partial charge in [-0.1, -0.05) is 41.9 Å². The van der Waals surface area contributed by atoms with Crippen molar-refractivity contribution in [2.75, 3.05) is 13.1 Å². The number of hydrogen-bond acceptors (Lipinski definition) is 3. The molecule has 1 amide bonds. The molecule has 0 aliphatic carbocycles. The number of likely N-dealkylation sites (tertiary alicyclic amines) is 1. The zero-order chi connectivity index (χ0) is 18.1. The SMILES string of the molecule is O=C1CC2(CCN(C(=O)/C=C/c3ccccc3Cl)C2)Oc2ccccc21. The molecule has 1 atom stereocenters. The van der Waals surface area contributed by atoms with Crippen LogP contribution in [0.3, 0.4) is 0 Å². The monoisotopic (exact) mass is 367 g/mol. The van der Waals surface area contributed by atoms with E-state index >= 15 is 0 Å². The van der Waals surface area contributed by atoms with Gasteiger partial charge in [0.1, 0.15) is 11.4 Å². The highest BCUT2D eigenvalue weighted by Crippen LogP contribution is 2.38. The van der Waals surface area contributed by atoms with Crippen molar-refractivity contribution < 1.29 is 14.3 Å². The van der Waals surface area contributed by atoms with Gasteiger partial charge in [0.2, 0.25) is 5.91 Å². The number of para-hydroxylation sites is 1. The molecule has 2 aliphatic heterocycles. The number of Topliss-reactive ketones (excluding diaryl/α,β-unsaturated/α-hetero) is 1. The number of fused-ring (bicyclic) bond motifs is 1. The average molecular weight is 368 g/mol. The highest BCUT2D eigenvalue weighted by atomic mass is 35.5. The van der Waals surface area contributed by atoms with Gasteiger partial charge in [-0.25, -0.2) is 0 Å². The second-order valence-electron chi connectivity index (χ2n) is 6.75. The normalized spacial score (nSPS) is 21.9. The van der Waals surface area contributed by atoms with E-state index in [1.54, 1.807) is 23.1 Å². The third-order valence-corrected chi connectivity index (χ3v) is 5.28. The van der Waals surface area contributed by atoms with E-state index in [9.17, 15) is 9.59 Å². The molecule has 0 bridgehead atoms. The van der Waals surface area contributed by atoms with E-state index in [1.807, 2.05) is 36.4 Å². The Kier molecular flexibility index (Phi) is 4.29.